The maximum atomic E-state index is 12.9. The van der Waals surface area contributed by atoms with Gasteiger partial charge in [-0.05, 0) is 50.1 Å². The second-order valence-corrected chi connectivity index (χ2v) is 7.00. The quantitative estimate of drug-likeness (QED) is 0.862. The molecule has 0 spiro atoms. The predicted octanol–water partition coefficient (Wildman–Crippen LogP) is 2.90. The summed E-state index contributed by atoms with van der Waals surface area (Å²) in [5, 5.41) is 14.0. The lowest BCUT2D eigenvalue weighted by Crippen LogP contribution is -2.57. The predicted molar refractivity (Wildman–Crippen MR) is 95.3 cm³/mol. The summed E-state index contributed by atoms with van der Waals surface area (Å²) in [6.07, 6.45) is -2.36. The van der Waals surface area contributed by atoms with Gasteiger partial charge in [-0.15, -0.1) is 0 Å². The molecule has 1 fully saturated rings. The highest BCUT2D eigenvalue weighted by Gasteiger charge is 2.57. The van der Waals surface area contributed by atoms with Crippen molar-refractivity contribution in [2.45, 2.75) is 37.5 Å². The Balaban J connectivity index is 1.71. The first-order valence-electron chi connectivity index (χ1n) is 8.92. The third-order valence-corrected chi connectivity index (χ3v) is 5.16. The van der Waals surface area contributed by atoms with E-state index in [0.29, 0.717) is 19.8 Å². The van der Waals surface area contributed by atoms with E-state index >= 15 is 0 Å². The highest BCUT2D eigenvalue weighted by molar-refractivity contribution is 5.85. The number of methoxy groups -OCH3 is 1. The Morgan fingerprint density at radius 3 is 2.32 bits per heavy atom. The Labute approximate surface area is 160 Å². The van der Waals surface area contributed by atoms with Crippen molar-refractivity contribution in [2.24, 2.45) is 0 Å². The number of alkyl halides is 3. The van der Waals surface area contributed by atoms with Crippen LogP contribution in [0.2, 0.25) is 0 Å². The van der Waals surface area contributed by atoms with Gasteiger partial charge in [0.2, 0.25) is 5.60 Å². The number of amides is 1. The van der Waals surface area contributed by atoms with Crippen LogP contribution in [0.4, 0.5) is 13.2 Å². The van der Waals surface area contributed by atoms with Gasteiger partial charge in [0.15, 0.2) is 0 Å². The number of carbonyl (C=O) groups excluding carboxylic acids is 1. The number of hydrogen-bond acceptors (Lipinski definition) is 4. The summed E-state index contributed by atoms with van der Waals surface area (Å²) < 4.78 is 45.7. The Morgan fingerprint density at radius 2 is 1.79 bits per heavy atom. The van der Waals surface area contributed by atoms with Crippen LogP contribution in [0, 0.1) is 0 Å². The number of piperidine rings is 1. The highest BCUT2D eigenvalue weighted by atomic mass is 19.4. The average Bonchev–Trinajstić information content (AvgIpc) is 3.16. The number of rotatable bonds is 4. The van der Waals surface area contributed by atoms with Crippen molar-refractivity contribution in [1.29, 1.82) is 0 Å². The van der Waals surface area contributed by atoms with E-state index in [2.05, 4.69) is 5.10 Å². The number of hydrogen-bond donors (Lipinski definition) is 1. The normalized spacial score (nSPS) is 18.0. The fraction of sp³-hybridized carbons (Fsp3) is 0.474. The molecular weight excluding hydrogens is 375 g/mol. The van der Waals surface area contributed by atoms with Crippen LogP contribution in [0.15, 0.2) is 36.5 Å². The minimum absolute atomic E-state index is 0.0458. The third kappa shape index (κ3) is 3.71. The Kier molecular flexibility index (Phi) is 5.38. The lowest BCUT2D eigenvalue weighted by molar-refractivity contribution is -0.250. The molecule has 152 valence electrons. The van der Waals surface area contributed by atoms with Crippen LogP contribution < -0.4 is 4.74 Å². The summed E-state index contributed by atoms with van der Waals surface area (Å²) in [5.41, 5.74) is -1.59. The van der Waals surface area contributed by atoms with Crippen molar-refractivity contribution in [3.8, 4) is 11.4 Å². The Bertz CT molecular complexity index is 823. The molecule has 1 atom stereocenters. The van der Waals surface area contributed by atoms with Crippen molar-refractivity contribution in [3.05, 3.63) is 42.2 Å². The number of likely N-dealkylation sites (tertiary alicyclic amines) is 1. The van der Waals surface area contributed by atoms with Gasteiger partial charge in [-0.1, -0.05) is 0 Å². The molecule has 1 amide bonds. The van der Waals surface area contributed by atoms with E-state index < -0.39 is 17.7 Å². The molecule has 2 heterocycles. The fourth-order valence-corrected chi connectivity index (χ4v) is 3.37. The molecule has 1 N–H and O–H groups in total. The zero-order valence-corrected chi connectivity index (χ0v) is 15.6. The van der Waals surface area contributed by atoms with Gasteiger partial charge in [-0.3, -0.25) is 4.79 Å². The second kappa shape index (κ2) is 7.46. The topological polar surface area (TPSA) is 67.6 Å². The number of aromatic nitrogens is 2. The van der Waals surface area contributed by atoms with Gasteiger partial charge in [0, 0.05) is 30.9 Å². The summed E-state index contributed by atoms with van der Waals surface area (Å²) in [6.45, 7) is 0.785. The standard InChI is InChI=1S/C19H22F3N3O3/c1-18(27,19(20,21)22)17(26)24-11-8-13(9-12-24)16-7-10-23-25(16)14-3-5-15(28-2)6-4-14/h3-7,10,13,27H,8-9,11-12H2,1-2H3/t18-/m1/s1. The summed E-state index contributed by atoms with van der Waals surface area (Å²) in [6, 6.07) is 9.25. The smallest absolute Gasteiger partial charge is 0.426 e. The van der Waals surface area contributed by atoms with Gasteiger partial charge in [0.05, 0.1) is 12.8 Å². The first-order chi connectivity index (χ1) is 13.1. The highest BCUT2D eigenvalue weighted by Crippen LogP contribution is 2.35. The lowest BCUT2D eigenvalue weighted by atomic mass is 9.92. The van der Waals surface area contributed by atoms with Crippen LogP contribution in [-0.4, -0.2) is 57.7 Å². The number of aliphatic hydroxyl groups is 1. The number of halogens is 3. The van der Waals surface area contributed by atoms with E-state index in [-0.39, 0.29) is 19.0 Å². The molecule has 0 aliphatic carbocycles. The molecular formula is C19H22F3N3O3. The number of nitrogens with zero attached hydrogens (tertiary/aromatic N) is 3. The summed E-state index contributed by atoms with van der Waals surface area (Å²) >= 11 is 0. The molecule has 0 saturated carbocycles. The summed E-state index contributed by atoms with van der Waals surface area (Å²) in [4.78, 5) is 13.2. The van der Waals surface area contributed by atoms with E-state index in [0.717, 1.165) is 22.0 Å². The maximum Gasteiger partial charge on any atom is 0.426 e. The van der Waals surface area contributed by atoms with Crippen molar-refractivity contribution in [3.63, 3.8) is 0 Å². The van der Waals surface area contributed by atoms with Crippen LogP contribution >= 0.6 is 0 Å². The van der Waals surface area contributed by atoms with E-state index in [1.807, 2.05) is 30.3 Å². The zero-order chi connectivity index (χ0) is 20.5. The summed E-state index contributed by atoms with van der Waals surface area (Å²) in [5.74, 6) is -0.535. The van der Waals surface area contributed by atoms with Crippen LogP contribution in [0.25, 0.3) is 5.69 Å². The number of ether oxygens (including phenoxy) is 1. The minimum atomic E-state index is -5.01. The monoisotopic (exact) mass is 397 g/mol. The summed E-state index contributed by atoms with van der Waals surface area (Å²) in [7, 11) is 1.58. The lowest BCUT2D eigenvalue weighted by Gasteiger charge is -2.36. The molecule has 3 rings (SSSR count). The van der Waals surface area contributed by atoms with Crippen LogP contribution in [0.5, 0.6) is 5.75 Å². The molecule has 1 saturated heterocycles. The molecule has 28 heavy (non-hydrogen) atoms. The fourth-order valence-electron chi connectivity index (χ4n) is 3.37. The average molecular weight is 397 g/mol. The molecule has 0 bridgehead atoms. The van der Waals surface area contributed by atoms with Gasteiger partial charge in [0.25, 0.3) is 5.91 Å². The molecule has 6 nitrogen and oxygen atoms in total. The van der Waals surface area contributed by atoms with Crippen LogP contribution in [-0.2, 0) is 4.79 Å². The molecule has 1 aromatic heterocycles. The van der Waals surface area contributed by atoms with Crippen LogP contribution in [0.3, 0.4) is 0 Å². The van der Waals surface area contributed by atoms with Crippen LogP contribution in [0.1, 0.15) is 31.4 Å². The molecule has 0 radical (unpaired) electrons. The largest absolute Gasteiger partial charge is 0.497 e. The van der Waals surface area contributed by atoms with Gasteiger partial charge < -0.3 is 14.7 Å². The van der Waals surface area contributed by atoms with E-state index in [4.69, 9.17) is 4.74 Å². The molecule has 9 heteroatoms. The first-order valence-corrected chi connectivity index (χ1v) is 8.92. The molecule has 0 unspecified atom stereocenters. The SMILES string of the molecule is COc1ccc(-n2nccc2C2CCN(C(=O)[C@@](C)(O)C(F)(F)F)CC2)cc1. The first kappa shape index (κ1) is 20.2. The molecule has 1 aliphatic rings. The van der Waals surface area contributed by atoms with Crippen molar-refractivity contribution in [1.82, 2.24) is 14.7 Å². The van der Waals surface area contributed by atoms with Gasteiger partial charge in [-0.25, -0.2) is 4.68 Å². The van der Waals surface area contributed by atoms with Crippen molar-refractivity contribution < 1.29 is 27.8 Å². The minimum Gasteiger partial charge on any atom is -0.497 e. The van der Waals surface area contributed by atoms with Gasteiger partial charge in [-0.2, -0.15) is 18.3 Å². The second-order valence-electron chi connectivity index (χ2n) is 7.00. The van der Waals surface area contributed by atoms with E-state index in [1.54, 1.807) is 18.0 Å². The van der Waals surface area contributed by atoms with Gasteiger partial charge >= 0.3 is 6.18 Å². The van der Waals surface area contributed by atoms with E-state index in [9.17, 15) is 23.1 Å². The molecule has 1 aliphatic heterocycles. The van der Waals surface area contributed by atoms with Crippen molar-refractivity contribution >= 4 is 5.91 Å². The number of benzene rings is 1. The van der Waals surface area contributed by atoms with Crippen molar-refractivity contribution in [2.75, 3.05) is 20.2 Å². The Hall–Kier alpha value is -2.55. The number of carbonyl (C=O) groups is 1. The third-order valence-electron chi connectivity index (χ3n) is 5.16. The van der Waals surface area contributed by atoms with E-state index in [1.165, 1.54) is 0 Å². The Morgan fingerprint density at radius 1 is 1.18 bits per heavy atom. The molecule has 2 aromatic rings. The molecule has 1 aromatic carbocycles. The zero-order valence-electron chi connectivity index (χ0n) is 15.6. The maximum absolute atomic E-state index is 12.9. The van der Waals surface area contributed by atoms with Gasteiger partial charge in [0.1, 0.15) is 5.75 Å².